The van der Waals surface area contributed by atoms with Gasteiger partial charge in [0.15, 0.2) is 0 Å². The fourth-order valence-electron chi connectivity index (χ4n) is 6.79. The highest BCUT2D eigenvalue weighted by atomic mass is 32.2. The lowest BCUT2D eigenvalue weighted by Crippen LogP contribution is -2.57. The molecule has 1 aromatic heterocycles. The SMILES string of the molecule is CC[C@H](C)[C@@H](C(=O)N[C@@H](Cc1ccccc1)[C@H](O)CN(CC(C)C)S(=O)(=O)c1ccc(CN=O)cc1)N1CCN(Cc2ccc3cccnc3c2)C1=O. The fraction of sp³-hybridized carbons (Fsp3) is 0.425. The molecule has 13 heteroatoms. The highest BCUT2D eigenvalue weighted by Crippen LogP contribution is 2.25. The first kappa shape index (κ1) is 39.5. The molecule has 4 aromatic rings. The molecule has 0 radical (unpaired) electrons. The summed E-state index contributed by atoms with van der Waals surface area (Å²) in [7, 11) is -4.07. The van der Waals surface area contributed by atoms with Gasteiger partial charge in [-0.05, 0) is 59.2 Å². The normalized spacial score (nSPS) is 15.9. The summed E-state index contributed by atoms with van der Waals surface area (Å²) in [5, 5.41) is 18.8. The first-order valence-electron chi connectivity index (χ1n) is 18.2. The number of rotatable bonds is 18. The lowest BCUT2D eigenvalue weighted by Gasteiger charge is -2.35. The Bertz CT molecular complexity index is 1960. The molecule has 0 unspecified atom stereocenters. The smallest absolute Gasteiger partial charge is 0.321 e. The molecular weight excluding hydrogens is 693 g/mol. The predicted octanol–water partition coefficient (Wildman–Crippen LogP) is 5.59. The van der Waals surface area contributed by atoms with Crippen molar-refractivity contribution in [2.45, 2.75) is 76.7 Å². The third-order valence-electron chi connectivity index (χ3n) is 9.82. The minimum Gasteiger partial charge on any atom is -0.390 e. The van der Waals surface area contributed by atoms with Gasteiger partial charge in [-0.15, -0.1) is 0 Å². The van der Waals surface area contributed by atoms with Crippen molar-refractivity contribution in [3.63, 3.8) is 0 Å². The van der Waals surface area contributed by atoms with Gasteiger partial charge in [0, 0.05) is 44.3 Å². The number of pyridine rings is 1. The highest BCUT2D eigenvalue weighted by Gasteiger charge is 2.41. The number of hydrogen-bond donors (Lipinski definition) is 2. The number of amides is 3. The summed E-state index contributed by atoms with van der Waals surface area (Å²) in [5.41, 5.74) is 3.22. The Morgan fingerprint density at radius 1 is 0.943 bits per heavy atom. The number of nitroso groups, excluding NO2 is 1. The molecule has 3 amide bonds. The van der Waals surface area contributed by atoms with Crippen LogP contribution < -0.4 is 5.32 Å². The molecule has 0 bridgehead atoms. The number of fused-ring (bicyclic) bond motifs is 1. The van der Waals surface area contributed by atoms with E-state index < -0.39 is 34.1 Å². The Balaban J connectivity index is 1.37. The first-order valence-corrected chi connectivity index (χ1v) is 19.6. The molecule has 0 aliphatic carbocycles. The van der Waals surface area contributed by atoms with Crippen LogP contribution in [0.1, 0.15) is 50.8 Å². The van der Waals surface area contributed by atoms with Crippen LogP contribution in [0.2, 0.25) is 0 Å². The lowest BCUT2D eigenvalue weighted by molar-refractivity contribution is -0.128. The average Bonchev–Trinajstić information content (AvgIpc) is 3.49. The number of nitrogens with one attached hydrogen (secondary N) is 1. The summed E-state index contributed by atoms with van der Waals surface area (Å²) in [6, 6.07) is 23.2. The van der Waals surface area contributed by atoms with Gasteiger partial charge in [0.2, 0.25) is 15.9 Å². The topological polar surface area (TPSA) is 153 Å². The van der Waals surface area contributed by atoms with Crippen molar-refractivity contribution < 1.29 is 23.1 Å². The maximum atomic E-state index is 14.4. The van der Waals surface area contributed by atoms with Crippen LogP contribution in [0.15, 0.2) is 101 Å². The summed E-state index contributed by atoms with van der Waals surface area (Å²) in [5.74, 6) is -0.668. The number of sulfonamides is 1. The largest absolute Gasteiger partial charge is 0.390 e. The Morgan fingerprint density at radius 3 is 2.34 bits per heavy atom. The molecular formula is C40H50N6O6S. The first-order chi connectivity index (χ1) is 25.4. The number of urea groups is 1. The molecule has 53 heavy (non-hydrogen) atoms. The fourth-order valence-corrected chi connectivity index (χ4v) is 8.41. The Kier molecular flexibility index (Phi) is 13.3. The third kappa shape index (κ3) is 9.83. The summed E-state index contributed by atoms with van der Waals surface area (Å²) in [6.45, 7) is 8.65. The van der Waals surface area contributed by atoms with Crippen LogP contribution in [-0.4, -0.2) is 88.9 Å². The number of hydrogen-bond acceptors (Lipinski definition) is 8. The van der Waals surface area contributed by atoms with Crippen molar-refractivity contribution in [1.82, 2.24) is 24.4 Å². The van der Waals surface area contributed by atoms with E-state index in [1.807, 2.05) is 88.4 Å². The van der Waals surface area contributed by atoms with Gasteiger partial charge < -0.3 is 20.2 Å². The molecule has 3 aromatic carbocycles. The Labute approximate surface area is 312 Å². The van der Waals surface area contributed by atoms with Crippen LogP contribution in [0.3, 0.4) is 0 Å². The van der Waals surface area contributed by atoms with Crippen LogP contribution >= 0.6 is 0 Å². The van der Waals surface area contributed by atoms with Gasteiger partial charge in [-0.2, -0.15) is 9.21 Å². The summed E-state index contributed by atoms with van der Waals surface area (Å²) in [4.78, 5) is 46.8. The van der Waals surface area contributed by atoms with Gasteiger partial charge in [-0.25, -0.2) is 13.2 Å². The van der Waals surface area contributed by atoms with E-state index in [2.05, 4.69) is 15.5 Å². The standard InChI is InChI=1S/C40H50N6O6S/c1-5-29(4)38(46-21-20-44(40(46)49)26-32-13-16-33-12-9-19-41-35(33)23-32)39(48)43-36(22-30-10-7-6-8-11-30)37(47)27-45(25-28(2)3)53(51,52)34-17-14-31(15-18-34)24-42-50/h6-19,23,28-29,36-38,47H,5,20-22,24-27H2,1-4H3,(H,43,48)/t29-,36-,37+,38-/m0/s1. The second-order valence-electron chi connectivity index (χ2n) is 14.3. The van der Waals surface area contributed by atoms with E-state index in [1.54, 1.807) is 28.1 Å². The predicted molar refractivity (Wildman–Crippen MR) is 205 cm³/mol. The van der Waals surface area contributed by atoms with Crippen molar-refractivity contribution in [2.24, 2.45) is 17.0 Å². The van der Waals surface area contributed by atoms with E-state index in [0.29, 0.717) is 31.6 Å². The summed E-state index contributed by atoms with van der Waals surface area (Å²) < 4.78 is 29.1. The molecule has 1 aliphatic heterocycles. The van der Waals surface area contributed by atoms with Crippen LogP contribution in [0.25, 0.3) is 10.9 Å². The van der Waals surface area contributed by atoms with Gasteiger partial charge in [-0.1, -0.05) is 100.0 Å². The zero-order valence-electron chi connectivity index (χ0n) is 30.8. The zero-order valence-corrected chi connectivity index (χ0v) is 31.7. The van der Waals surface area contributed by atoms with E-state index in [-0.39, 0.29) is 48.8 Å². The van der Waals surface area contributed by atoms with Gasteiger partial charge >= 0.3 is 6.03 Å². The van der Waals surface area contributed by atoms with E-state index >= 15 is 0 Å². The molecule has 0 spiro atoms. The van der Waals surface area contributed by atoms with E-state index in [9.17, 15) is 28.0 Å². The molecule has 2 heterocycles. The molecule has 5 rings (SSSR count). The molecule has 2 N–H and O–H groups in total. The molecule has 12 nitrogen and oxygen atoms in total. The lowest BCUT2D eigenvalue weighted by atomic mass is 9.95. The van der Waals surface area contributed by atoms with Gasteiger partial charge in [-0.3, -0.25) is 9.78 Å². The molecule has 4 atom stereocenters. The minimum atomic E-state index is -4.07. The number of carbonyl (C=O) groups excluding carboxylic acids is 2. The number of carbonyl (C=O) groups is 2. The minimum absolute atomic E-state index is 0.0255. The number of nitrogens with zero attached hydrogens (tertiary/aromatic N) is 5. The van der Waals surface area contributed by atoms with Crippen molar-refractivity contribution in [1.29, 1.82) is 0 Å². The summed E-state index contributed by atoms with van der Waals surface area (Å²) >= 11 is 0. The monoisotopic (exact) mass is 742 g/mol. The average molecular weight is 743 g/mol. The van der Waals surface area contributed by atoms with Gasteiger partial charge in [0.25, 0.3) is 0 Å². The summed E-state index contributed by atoms with van der Waals surface area (Å²) in [6.07, 6.45) is 1.31. The van der Waals surface area contributed by atoms with Gasteiger partial charge in [0.05, 0.1) is 22.6 Å². The molecule has 1 fully saturated rings. The Hall–Kier alpha value is -4.72. The third-order valence-corrected chi connectivity index (χ3v) is 11.7. The highest BCUT2D eigenvalue weighted by molar-refractivity contribution is 7.89. The number of aliphatic hydroxyl groups excluding tert-OH is 1. The molecule has 1 saturated heterocycles. The van der Waals surface area contributed by atoms with Gasteiger partial charge in [0.1, 0.15) is 12.6 Å². The molecule has 0 saturated carbocycles. The van der Waals surface area contributed by atoms with E-state index in [4.69, 9.17) is 0 Å². The van der Waals surface area contributed by atoms with Crippen LogP contribution in [0.5, 0.6) is 0 Å². The molecule has 282 valence electrons. The van der Waals surface area contributed by atoms with Crippen LogP contribution in [0, 0.1) is 16.7 Å². The maximum Gasteiger partial charge on any atom is 0.321 e. The number of benzene rings is 3. The van der Waals surface area contributed by atoms with Crippen LogP contribution in [0.4, 0.5) is 4.79 Å². The van der Waals surface area contributed by atoms with Crippen molar-refractivity contribution in [3.05, 3.63) is 113 Å². The second kappa shape index (κ2) is 17.9. The number of aliphatic hydroxyl groups is 1. The zero-order chi connectivity index (χ0) is 38.1. The second-order valence-corrected chi connectivity index (χ2v) is 16.2. The van der Waals surface area contributed by atoms with Crippen molar-refractivity contribution in [3.8, 4) is 0 Å². The van der Waals surface area contributed by atoms with Crippen LogP contribution in [-0.2, 0) is 34.3 Å². The van der Waals surface area contributed by atoms with Crippen molar-refractivity contribution >= 4 is 32.9 Å². The van der Waals surface area contributed by atoms with E-state index in [0.717, 1.165) is 22.0 Å². The number of aromatic nitrogens is 1. The molecule has 1 aliphatic rings. The maximum absolute atomic E-state index is 14.4. The Morgan fingerprint density at radius 2 is 1.66 bits per heavy atom. The van der Waals surface area contributed by atoms with E-state index in [1.165, 1.54) is 16.4 Å². The van der Waals surface area contributed by atoms with Crippen molar-refractivity contribution in [2.75, 3.05) is 26.2 Å². The quantitative estimate of drug-likeness (QED) is 0.126.